The molecule has 3 heteroatoms. The molecular formula is C53H70O3. The van der Waals surface area contributed by atoms with Gasteiger partial charge < -0.3 is 15.3 Å². The van der Waals surface area contributed by atoms with Gasteiger partial charge in [-0.25, -0.2) is 0 Å². The van der Waals surface area contributed by atoms with Crippen LogP contribution in [-0.4, -0.2) is 26.5 Å². The summed E-state index contributed by atoms with van der Waals surface area (Å²) in [5.41, 5.74) is 11.2. The molecule has 56 heavy (non-hydrogen) atoms. The SMILES string of the molecule is CCC(O)(C#Cc1ccc(C(CC)(CC)c2ccc(C)c(C)c2)cc1C)CC.CCC(O)(C#Cc1ccc(C(CC)(CC)c2ccc(O)c(C)c2)cc1C)CC. The first-order valence-electron chi connectivity index (χ1n) is 21.1. The molecule has 4 rings (SSSR count). The summed E-state index contributed by atoms with van der Waals surface area (Å²) in [4.78, 5) is 0. The molecule has 0 amide bonds. The minimum absolute atomic E-state index is 0.0166. The van der Waals surface area contributed by atoms with Crippen LogP contribution in [0.1, 0.15) is 168 Å². The molecule has 3 N–H and O–H groups in total. The van der Waals surface area contributed by atoms with E-state index < -0.39 is 11.2 Å². The number of aromatic hydroxyl groups is 1. The normalized spacial score (nSPS) is 11.8. The molecule has 4 aromatic carbocycles. The van der Waals surface area contributed by atoms with Gasteiger partial charge in [-0.1, -0.05) is 134 Å². The van der Waals surface area contributed by atoms with E-state index in [4.69, 9.17) is 0 Å². The Bertz CT molecular complexity index is 1900. The number of hydrogen-bond donors (Lipinski definition) is 3. The van der Waals surface area contributed by atoms with E-state index in [1.165, 1.54) is 38.9 Å². The Morgan fingerprint density at radius 2 is 0.714 bits per heavy atom. The molecule has 4 aromatic rings. The van der Waals surface area contributed by atoms with Gasteiger partial charge >= 0.3 is 0 Å². The maximum atomic E-state index is 10.5. The van der Waals surface area contributed by atoms with Crippen molar-refractivity contribution in [3.63, 3.8) is 0 Å². The Morgan fingerprint density at radius 3 is 1.02 bits per heavy atom. The van der Waals surface area contributed by atoms with E-state index in [1.807, 2.05) is 40.7 Å². The van der Waals surface area contributed by atoms with Gasteiger partial charge in [-0.3, -0.25) is 0 Å². The molecular weight excluding hydrogens is 685 g/mol. The lowest BCUT2D eigenvalue weighted by Crippen LogP contribution is -2.26. The minimum atomic E-state index is -0.911. The highest BCUT2D eigenvalue weighted by Crippen LogP contribution is 2.42. The van der Waals surface area contributed by atoms with E-state index in [0.29, 0.717) is 31.4 Å². The summed E-state index contributed by atoms with van der Waals surface area (Å²) in [5.74, 6) is 12.9. The lowest BCUT2D eigenvalue weighted by atomic mass is 9.69. The van der Waals surface area contributed by atoms with Crippen molar-refractivity contribution in [3.05, 3.63) is 134 Å². The van der Waals surface area contributed by atoms with Gasteiger partial charge in [-0.15, -0.1) is 0 Å². The van der Waals surface area contributed by atoms with E-state index in [-0.39, 0.29) is 10.8 Å². The molecule has 0 bridgehead atoms. The quantitative estimate of drug-likeness (QED) is 0.126. The van der Waals surface area contributed by atoms with E-state index in [9.17, 15) is 15.3 Å². The van der Waals surface area contributed by atoms with Crippen LogP contribution < -0.4 is 0 Å². The fourth-order valence-corrected chi connectivity index (χ4v) is 7.88. The second-order valence-electron chi connectivity index (χ2n) is 15.9. The summed E-state index contributed by atoms with van der Waals surface area (Å²) in [5, 5.41) is 30.8. The van der Waals surface area contributed by atoms with Crippen molar-refractivity contribution in [3.8, 4) is 29.4 Å². The summed E-state index contributed by atoms with van der Waals surface area (Å²) in [6, 6.07) is 26.0. The van der Waals surface area contributed by atoms with E-state index >= 15 is 0 Å². The van der Waals surface area contributed by atoms with Crippen molar-refractivity contribution >= 4 is 0 Å². The molecule has 3 nitrogen and oxygen atoms in total. The summed E-state index contributed by atoms with van der Waals surface area (Å²) in [6.45, 7) is 27.4. The molecule has 0 saturated heterocycles. The average Bonchev–Trinajstić information content (AvgIpc) is 3.21. The topological polar surface area (TPSA) is 60.7 Å². The zero-order valence-electron chi connectivity index (χ0n) is 36.9. The molecule has 0 aromatic heterocycles. The third-order valence-corrected chi connectivity index (χ3v) is 13.0. The fraction of sp³-hybridized carbons (Fsp3) is 0.472. The summed E-state index contributed by atoms with van der Waals surface area (Å²) >= 11 is 0. The summed E-state index contributed by atoms with van der Waals surface area (Å²) in [7, 11) is 0. The molecule has 0 saturated carbocycles. The number of aryl methyl sites for hydroxylation is 5. The van der Waals surface area contributed by atoms with Crippen molar-refractivity contribution in [1.29, 1.82) is 0 Å². The second kappa shape index (κ2) is 19.7. The Balaban J connectivity index is 0.000000300. The van der Waals surface area contributed by atoms with Gasteiger partial charge in [0.15, 0.2) is 0 Å². The highest BCUT2D eigenvalue weighted by atomic mass is 16.3. The average molecular weight is 755 g/mol. The van der Waals surface area contributed by atoms with Crippen LogP contribution >= 0.6 is 0 Å². The van der Waals surface area contributed by atoms with Crippen LogP contribution in [0.2, 0.25) is 0 Å². The lowest BCUT2D eigenvalue weighted by molar-refractivity contribution is 0.0927. The largest absolute Gasteiger partial charge is 0.508 e. The molecule has 0 fully saturated rings. The lowest BCUT2D eigenvalue weighted by Gasteiger charge is -2.34. The van der Waals surface area contributed by atoms with Gasteiger partial charge in [0.2, 0.25) is 0 Å². The highest BCUT2D eigenvalue weighted by molar-refractivity contribution is 5.51. The zero-order chi connectivity index (χ0) is 41.9. The van der Waals surface area contributed by atoms with E-state index in [2.05, 4.69) is 140 Å². The fourth-order valence-electron chi connectivity index (χ4n) is 7.88. The number of phenols is 1. The Morgan fingerprint density at radius 1 is 0.393 bits per heavy atom. The van der Waals surface area contributed by atoms with Crippen LogP contribution in [0, 0.1) is 58.3 Å². The van der Waals surface area contributed by atoms with Crippen LogP contribution in [0.15, 0.2) is 72.8 Å². The molecule has 0 heterocycles. The van der Waals surface area contributed by atoms with Crippen LogP contribution in [0.4, 0.5) is 0 Å². The third-order valence-electron chi connectivity index (χ3n) is 13.0. The predicted octanol–water partition coefficient (Wildman–Crippen LogP) is 12.6. The first kappa shape index (κ1) is 46.1. The van der Waals surface area contributed by atoms with Gasteiger partial charge in [0, 0.05) is 22.0 Å². The van der Waals surface area contributed by atoms with Crippen molar-refractivity contribution < 1.29 is 15.3 Å². The van der Waals surface area contributed by atoms with Crippen molar-refractivity contribution in [1.82, 2.24) is 0 Å². The minimum Gasteiger partial charge on any atom is -0.508 e. The first-order chi connectivity index (χ1) is 26.5. The van der Waals surface area contributed by atoms with Crippen molar-refractivity contribution in [2.75, 3.05) is 0 Å². The number of hydrogen-bond acceptors (Lipinski definition) is 3. The van der Waals surface area contributed by atoms with E-state index in [1.54, 1.807) is 6.07 Å². The maximum absolute atomic E-state index is 10.5. The third kappa shape index (κ3) is 10.2. The van der Waals surface area contributed by atoms with Crippen LogP contribution in [0.3, 0.4) is 0 Å². The molecule has 300 valence electrons. The molecule has 0 spiro atoms. The van der Waals surface area contributed by atoms with Crippen molar-refractivity contribution in [2.45, 2.75) is 163 Å². The van der Waals surface area contributed by atoms with Crippen molar-refractivity contribution in [2.24, 2.45) is 0 Å². The zero-order valence-corrected chi connectivity index (χ0v) is 36.9. The van der Waals surface area contributed by atoms with Gasteiger partial charge in [0.25, 0.3) is 0 Å². The van der Waals surface area contributed by atoms with Crippen LogP contribution in [0.25, 0.3) is 0 Å². The monoisotopic (exact) mass is 755 g/mol. The summed E-state index contributed by atoms with van der Waals surface area (Å²) < 4.78 is 0. The Labute approximate surface area is 341 Å². The number of aliphatic hydroxyl groups is 2. The van der Waals surface area contributed by atoms with Gasteiger partial charge in [0.05, 0.1) is 0 Å². The van der Waals surface area contributed by atoms with E-state index in [0.717, 1.165) is 47.9 Å². The van der Waals surface area contributed by atoms with Gasteiger partial charge in [0.1, 0.15) is 17.0 Å². The van der Waals surface area contributed by atoms with Gasteiger partial charge in [-0.05, 0) is 154 Å². The second-order valence-corrected chi connectivity index (χ2v) is 15.9. The summed E-state index contributed by atoms with van der Waals surface area (Å²) in [6.07, 6.45) is 6.62. The molecule has 0 unspecified atom stereocenters. The molecule has 0 aliphatic carbocycles. The molecule has 0 atom stereocenters. The number of phenolic OH excluding ortho intramolecular Hbond substituents is 1. The molecule has 0 aliphatic rings. The Hall–Kier alpha value is -4.28. The smallest absolute Gasteiger partial charge is 0.125 e. The molecule has 0 aliphatic heterocycles. The maximum Gasteiger partial charge on any atom is 0.125 e. The van der Waals surface area contributed by atoms with Crippen LogP contribution in [0.5, 0.6) is 5.75 Å². The standard InChI is InChI=1S/C27H36O.C26H34O2/c1-8-26(28,9-2)17-16-23-13-15-25(19-22(23)7)27(10-3,11-4)24-14-12-20(5)21(6)18-24;1-7-25(28,8-2)16-15-21-11-12-22(17-19(21)5)26(9-3,10-4)23-13-14-24(27)20(6)18-23/h12-15,18-19,28H,8-11H2,1-7H3;11-14,17-18,27-28H,7-10H2,1-6H3. The Kier molecular flexibility index (Phi) is 16.2. The van der Waals surface area contributed by atoms with Crippen LogP contribution in [-0.2, 0) is 10.8 Å². The first-order valence-corrected chi connectivity index (χ1v) is 21.1. The number of rotatable bonds is 12. The molecule has 0 radical (unpaired) electrons. The van der Waals surface area contributed by atoms with Gasteiger partial charge in [-0.2, -0.15) is 0 Å². The predicted molar refractivity (Wildman–Crippen MR) is 239 cm³/mol. The number of benzene rings is 4. The highest BCUT2D eigenvalue weighted by Gasteiger charge is 2.32.